The predicted molar refractivity (Wildman–Crippen MR) is 131 cm³/mol. The van der Waals surface area contributed by atoms with Gasteiger partial charge in [0.15, 0.2) is 5.01 Å². The third-order valence-electron chi connectivity index (χ3n) is 5.85. The van der Waals surface area contributed by atoms with E-state index in [2.05, 4.69) is 32.2 Å². The van der Waals surface area contributed by atoms with Gasteiger partial charge in [0.1, 0.15) is 5.75 Å². The molecule has 2 N–H and O–H groups in total. The number of primary sulfonamides is 1. The quantitative estimate of drug-likeness (QED) is 0.398. The highest BCUT2D eigenvalue weighted by atomic mass is 32.2. The Morgan fingerprint density at radius 2 is 1.97 bits per heavy atom. The summed E-state index contributed by atoms with van der Waals surface area (Å²) in [4.78, 5) is 6.06. The molecule has 4 aromatic rings. The molecule has 1 aliphatic rings. The van der Waals surface area contributed by atoms with Crippen molar-refractivity contribution in [3.8, 4) is 29.0 Å². The standard InChI is InChI=1S/C24H22N6O3S2/c1-33-19-8-5-16(6-9-19)14-30-28-24(27-29-30)21-11-10-20(35(25,31)32)13-18(21)7-12-23-26-22(15-34-23)17-3-2-4-17/h5-6,8-11,13,15,17H,2-4,14H2,1H3,(H2,25,31,32). The predicted octanol–water partition coefficient (Wildman–Crippen LogP) is 3.17. The number of rotatable bonds is 6. The molecule has 0 saturated heterocycles. The molecule has 0 spiro atoms. The van der Waals surface area contributed by atoms with E-state index in [1.54, 1.807) is 13.2 Å². The lowest BCUT2D eigenvalue weighted by molar-refractivity contribution is 0.412. The summed E-state index contributed by atoms with van der Waals surface area (Å²) < 4.78 is 29.1. The average molecular weight is 507 g/mol. The Labute approximate surface area is 207 Å². The van der Waals surface area contributed by atoms with Gasteiger partial charge >= 0.3 is 0 Å². The molecule has 1 fully saturated rings. The van der Waals surface area contributed by atoms with Crippen molar-refractivity contribution in [2.45, 2.75) is 36.6 Å². The minimum absolute atomic E-state index is 0.0366. The minimum Gasteiger partial charge on any atom is -0.497 e. The molecule has 0 aliphatic heterocycles. The monoisotopic (exact) mass is 506 g/mol. The van der Waals surface area contributed by atoms with Crippen LogP contribution in [0.1, 0.15) is 47.0 Å². The number of aromatic nitrogens is 5. The van der Waals surface area contributed by atoms with Gasteiger partial charge in [0, 0.05) is 22.4 Å². The van der Waals surface area contributed by atoms with Crippen LogP contribution >= 0.6 is 11.3 Å². The van der Waals surface area contributed by atoms with E-state index in [-0.39, 0.29) is 4.90 Å². The van der Waals surface area contributed by atoms with Gasteiger partial charge in [-0.05, 0) is 59.9 Å². The Kier molecular flexibility index (Phi) is 6.34. The van der Waals surface area contributed by atoms with E-state index in [0.29, 0.717) is 34.4 Å². The second kappa shape index (κ2) is 9.58. The average Bonchev–Trinajstić information content (AvgIpc) is 3.46. The summed E-state index contributed by atoms with van der Waals surface area (Å²) in [5, 5.41) is 20.8. The summed E-state index contributed by atoms with van der Waals surface area (Å²) in [6.07, 6.45) is 3.56. The van der Waals surface area contributed by atoms with Crippen LogP contribution in [0.2, 0.25) is 0 Å². The summed E-state index contributed by atoms with van der Waals surface area (Å²) in [5.41, 5.74) is 3.04. The fraction of sp³-hybridized carbons (Fsp3) is 0.250. The van der Waals surface area contributed by atoms with Gasteiger partial charge in [0.05, 0.1) is 24.2 Å². The number of hydrogen-bond acceptors (Lipinski definition) is 8. The first-order chi connectivity index (χ1) is 16.9. The zero-order valence-corrected chi connectivity index (χ0v) is 20.5. The molecular weight excluding hydrogens is 484 g/mol. The number of tetrazole rings is 1. The van der Waals surface area contributed by atoms with Gasteiger partial charge in [-0.2, -0.15) is 4.80 Å². The van der Waals surface area contributed by atoms with Crippen molar-refractivity contribution in [3.63, 3.8) is 0 Å². The van der Waals surface area contributed by atoms with Crippen LogP contribution in [0.25, 0.3) is 11.4 Å². The summed E-state index contributed by atoms with van der Waals surface area (Å²) in [7, 11) is -2.29. The van der Waals surface area contributed by atoms with Crippen molar-refractivity contribution >= 4 is 21.4 Å². The Morgan fingerprint density at radius 1 is 1.17 bits per heavy atom. The van der Waals surface area contributed by atoms with E-state index in [1.807, 2.05) is 29.6 Å². The molecule has 11 heteroatoms. The highest BCUT2D eigenvalue weighted by Gasteiger charge is 2.22. The van der Waals surface area contributed by atoms with E-state index in [0.717, 1.165) is 29.8 Å². The van der Waals surface area contributed by atoms with E-state index in [9.17, 15) is 8.42 Å². The number of hydrogen-bond donors (Lipinski definition) is 1. The molecule has 0 radical (unpaired) electrons. The summed E-state index contributed by atoms with van der Waals surface area (Å²) in [6, 6.07) is 12.0. The highest BCUT2D eigenvalue weighted by Crippen LogP contribution is 2.36. The third kappa shape index (κ3) is 5.24. The molecule has 5 rings (SSSR count). The fourth-order valence-corrected chi connectivity index (χ4v) is 4.95. The van der Waals surface area contributed by atoms with Crippen LogP contribution in [-0.2, 0) is 16.6 Å². The van der Waals surface area contributed by atoms with Crippen molar-refractivity contribution in [2.75, 3.05) is 7.11 Å². The molecule has 35 heavy (non-hydrogen) atoms. The maximum absolute atomic E-state index is 11.9. The first kappa shape index (κ1) is 23.2. The van der Waals surface area contributed by atoms with Crippen LogP contribution in [0, 0.1) is 11.8 Å². The van der Waals surface area contributed by atoms with Crippen LogP contribution < -0.4 is 9.88 Å². The molecule has 2 aromatic heterocycles. The van der Waals surface area contributed by atoms with Crippen molar-refractivity contribution < 1.29 is 13.2 Å². The van der Waals surface area contributed by atoms with E-state index in [1.165, 1.54) is 34.7 Å². The summed E-state index contributed by atoms with van der Waals surface area (Å²) in [5.74, 6) is 7.72. The molecule has 0 unspecified atom stereocenters. The topological polar surface area (TPSA) is 126 Å². The number of thiazole rings is 1. The zero-order chi connectivity index (χ0) is 24.4. The third-order valence-corrected chi connectivity index (χ3v) is 7.53. The number of nitrogens with zero attached hydrogens (tertiary/aromatic N) is 5. The molecule has 0 amide bonds. The molecule has 0 bridgehead atoms. The lowest BCUT2D eigenvalue weighted by Crippen LogP contribution is -2.12. The highest BCUT2D eigenvalue weighted by molar-refractivity contribution is 7.89. The van der Waals surface area contributed by atoms with Gasteiger partial charge < -0.3 is 4.74 Å². The van der Waals surface area contributed by atoms with Crippen molar-refractivity contribution in [3.05, 3.63) is 69.7 Å². The summed E-state index contributed by atoms with van der Waals surface area (Å²) in [6.45, 7) is 0.413. The maximum Gasteiger partial charge on any atom is 0.238 e. The second-order valence-corrected chi connectivity index (χ2v) is 10.6. The molecule has 1 saturated carbocycles. The lowest BCUT2D eigenvalue weighted by atomic mass is 9.83. The van der Waals surface area contributed by atoms with Crippen molar-refractivity contribution in [1.82, 2.24) is 25.2 Å². The van der Waals surface area contributed by atoms with Crippen molar-refractivity contribution in [2.24, 2.45) is 5.14 Å². The van der Waals surface area contributed by atoms with Gasteiger partial charge in [-0.3, -0.25) is 0 Å². The van der Waals surface area contributed by atoms with E-state index in [4.69, 9.17) is 9.88 Å². The molecule has 9 nitrogen and oxygen atoms in total. The Morgan fingerprint density at radius 3 is 2.66 bits per heavy atom. The van der Waals surface area contributed by atoms with Gasteiger partial charge in [-0.1, -0.05) is 24.5 Å². The molecule has 1 aliphatic carbocycles. The van der Waals surface area contributed by atoms with E-state index >= 15 is 0 Å². The normalized spacial score (nSPS) is 13.7. The number of methoxy groups -OCH3 is 1. The largest absolute Gasteiger partial charge is 0.497 e. The van der Waals surface area contributed by atoms with E-state index < -0.39 is 10.0 Å². The van der Waals surface area contributed by atoms with Crippen LogP contribution in [0.5, 0.6) is 5.75 Å². The van der Waals surface area contributed by atoms with Crippen LogP contribution in [0.15, 0.2) is 52.7 Å². The maximum atomic E-state index is 11.9. The van der Waals surface area contributed by atoms with Gasteiger partial charge in [-0.15, -0.1) is 21.5 Å². The Hall–Kier alpha value is -3.59. The summed E-state index contributed by atoms with van der Waals surface area (Å²) >= 11 is 1.48. The first-order valence-corrected chi connectivity index (χ1v) is 13.4. The fourth-order valence-electron chi connectivity index (χ4n) is 3.67. The molecule has 2 heterocycles. The number of nitrogens with two attached hydrogens (primary N) is 1. The molecular formula is C24H22N6O3S2. The first-order valence-electron chi connectivity index (χ1n) is 10.9. The SMILES string of the molecule is COc1ccc(Cn2nnc(-c3ccc(S(N)(=O)=O)cc3C#Cc3nc(C4CCC4)cs3)n2)cc1. The Bertz CT molecular complexity index is 1530. The Balaban J connectivity index is 1.45. The van der Waals surface area contributed by atoms with Gasteiger partial charge in [0.25, 0.3) is 0 Å². The lowest BCUT2D eigenvalue weighted by Gasteiger charge is -2.22. The number of ether oxygens (including phenoxy) is 1. The smallest absolute Gasteiger partial charge is 0.238 e. The van der Waals surface area contributed by atoms with Crippen LogP contribution in [0.4, 0.5) is 0 Å². The van der Waals surface area contributed by atoms with Crippen LogP contribution in [0.3, 0.4) is 0 Å². The zero-order valence-electron chi connectivity index (χ0n) is 18.9. The molecule has 178 valence electrons. The van der Waals surface area contributed by atoms with Crippen molar-refractivity contribution in [1.29, 1.82) is 0 Å². The minimum atomic E-state index is -3.90. The van der Waals surface area contributed by atoms with Crippen LogP contribution in [-0.4, -0.2) is 40.7 Å². The van der Waals surface area contributed by atoms with Gasteiger partial charge in [-0.25, -0.2) is 18.5 Å². The number of benzene rings is 2. The van der Waals surface area contributed by atoms with Gasteiger partial charge in [0.2, 0.25) is 15.8 Å². The second-order valence-electron chi connectivity index (χ2n) is 8.20. The number of sulfonamides is 1. The molecule has 0 atom stereocenters. The molecule has 2 aromatic carbocycles.